The summed E-state index contributed by atoms with van der Waals surface area (Å²) in [6.07, 6.45) is 7.25. The number of nitrogens with zero attached hydrogens (tertiary/aromatic N) is 1. The number of hydrogen-bond donors (Lipinski definition) is 1. The predicted molar refractivity (Wildman–Crippen MR) is 121 cm³/mol. The van der Waals surface area contributed by atoms with E-state index in [1.807, 2.05) is 44.3 Å². The minimum atomic E-state index is -0.699. The van der Waals surface area contributed by atoms with Crippen LogP contribution in [0.3, 0.4) is 0 Å². The van der Waals surface area contributed by atoms with E-state index in [2.05, 4.69) is 30.5 Å². The third-order valence-corrected chi connectivity index (χ3v) is 7.12. The molecule has 2 aromatic carbocycles. The minimum absolute atomic E-state index is 0.109. The third kappa shape index (κ3) is 5.43. The highest BCUT2D eigenvalue weighted by molar-refractivity contribution is 7.98. The number of carbonyl (C=O) groups excluding carboxylic acids is 1. The topological polar surface area (TPSA) is 40.5 Å². The van der Waals surface area contributed by atoms with Gasteiger partial charge in [0.25, 0.3) is 0 Å². The lowest BCUT2D eigenvalue weighted by molar-refractivity contribution is -0.136. The van der Waals surface area contributed by atoms with E-state index in [9.17, 15) is 9.90 Å². The maximum absolute atomic E-state index is 13.6. The molecule has 0 heterocycles. The Morgan fingerprint density at radius 1 is 1.10 bits per heavy atom. The van der Waals surface area contributed by atoms with E-state index in [1.54, 1.807) is 16.7 Å². The molecule has 1 unspecified atom stereocenters. The molecular formula is C25H33NO2S. The van der Waals surface area contributed by atoms with Crippen LogP contribution in [0.25, 0.3) is 0 Å². The van der Waals surface area contributed by atoms with Gasteiger partial charge in [-0.1, -0.05) is 68.1 Å². The molecule has 0 radical (unpaired) electrons. The molecule has 0 aliphatic heterocycles. The molecule has 2 aromatic rings. The van der Waals surface area contributed by atoms with Gasteiger partial charge in [0.05, 0.1) is 18.1 Å². The summed E-state index contributed by atoms with van der Waals surface area (Å²) < 4.78 is 0. The molecule has 1 fully saturated rings. The Morgan fingerprint density at radius 2 is 1.76 bits per heavy atom. The molecule has 0 saturated heterocycles. The number of rotatable bonds is 8. The van der Waals surface area contributed by atoms with Crippen LogP contribution in [-0.2, 0) is 4.79 Å². The van der Waals surface area contributed by atoms with Crippen molar-refractivity contribution >= 4 is 17.7 Å². The minimum Gasteiger partial charge on any atom is -0.386 e. The van der Waals surface area contributed by atoms with Crippen LogP contribution in [0, 0.1) is 5.92 Å². The van der Waals surface area contributed by atoms with Crippen molar-refractivity contribution in [1.82, 2.24) is 4.90 Å². The molecule has 3 rings (SSSR count). The smallest absolute Gasteiger partial charge is 0.230 e. The van der Waals surface area contributed by atoms with Crippen molar-refractivity contribution in [3.05, 3.63) is 65.7 Å². The van der Waals surface area contributed by atoms with E-state index in [1.165, 1.54) is 30.6 Å². The molecule has 1 amide bonds. The normalized spacial score (nSPS) is 17.7. The zero-order chi connectivity index (χ0) is 20.8. The first-order valence-electron chi connectivity index (χ1n) is 10.6. The fraction of sp³-hybridized carbons (Fsp3) is 0.480. The molecular weight excluding hydrogens is 378 g/mol. The largest absolute Gasteiger partial charge is 0.386 e. The van der Waals surface area contributed by atoms with Crippen LogP contribution in [0.15, 0.2) is 59.5 Å². The maximum atomic E-state index is 13.6. The van der Waals surface area contributed by atoms with Crippen molar-refractivity contribution in [3.8, 4) is 0 Å². The van der Waals surface area contributed by atoms with Gasteiger partial charge in [-0.25, -0.2) is 0 Å². The second-order valence-corrected chi connectivity index (χ2v) is 9.14. The molecule has 0 aromatic heterocycles. The molecule has 4 heteroatoms. The summed E-state index contributed by atoms with van der Waals surface area (Å²) in [5, 5.41) is 10.8. The van der Waals surface area contributed by atoms with Crippen molar-refractivity contribution in [2.45, 2.75) is 62.0 Å². The van der Waals surface area contributed by atoms with Crippen LogP contribution < -0.4 is 0 Å². The molecule has 1 saturated carbocycles. The van der Waals surface area contributed by atoms with Crippen molar-refractivity contribution in [2.75, 3.05) is 13.3 Å². The average molecular weight is 412 g/mol. The van der Waals surface area contributed by atoms with Crippen molar-refractivity contribution in [1.29, 1.82) is 0 Å². The van der Waals surface area contributed by atoms with E-state index in [0.717, 1.165) is 17.5 Å². The number of thioether (sulfide) groups is 1. The Kier molecular flexibility index (Phi) is 7.79. The summed E-state index contributed by atoms with van der Waals surface area (Å²) >= 11 is 1.71. The van der Waals surface area contributed by atoms with E-state index in [0.29, 0.717) is 5.92 Å². The van der Waals surface area contributed by atoms with E-state index in [-0.39, 0.29) is 17.9 Å². The molecule has 0 bridgehead atoms. The molecule has 3 atom stereocenters. The first-order chi connectivity index (χ1) is 14.0. The van der Waals surface area contributed by atoms with Crippen LogP contribution in [0.5, 0.6) is 0 Å². The van der Waals surface area contributed by atoms with Crippen LogP contribution in [0.4, 0.5) is 0 Å². The van der Waals surface area contributed by atoms with Crippen molar-refractivity contribution < 1.29 is 9.90 Å². The maximum Gasteiger partial charge on any atom is 0.230 e. The molecule has 29 heavy (non-hydrogen) atoms. The van der Waals surface area contributed by atoms with Gasteiger partial charge in [0, 0.05) is 11.9 Å². The summed E-state index contributed by atoms with van der Waals surface area (Å²) in [6, 6.07) is 17.7. The van der Waals surface area contributed by atoms with Crippen molar-refractivity contribution in [2.24, 2.45) is 5.92 Å². The zero-order valence-electron chi connectivity index (χ0n) is 17.8. The number of carbonyl (C=O) groups is 1. The van der Waals surface area contributed by atoms with E-state index >= 15 is 0 Å². The van der Waals surface area contributed by atoms with Crippen LogP contribution in [0.1, 0.15) is 62.2 Å². The Balaban J connectivity index is 1.82. The lowest BCUT2D eigenvalue weighted by atomic mass is 9.86. The van der Waals surface area contributed by atoms with Gasteiger partial charge in [0.15, 0.2) is 0 Å². The molecule has 156 valence electrons. The molecule has 1 N–H and O–H groups in total. The SMILES string of the molecule is CSc1cccc(C(CC2CCCC2)C(=O)N(C)[C@H](C)[C@H](O)c2ccccc2)c1. The van der Waals surface area contributed by atoms with Crippen LogP contribution in [-0.4, -0.2) is 35.3 Å². The number of likely N-dealkylation sites (N-methyl/N-ethyl adjacent to an activating group) is 1. The first-order valence-corrected chi connectivity index (χ1v) is 11.9. The number of benzene rings is 2. The quantitative estimate of drug-likeness (QED) is 0.570. The van der Waals surface area contributed by atoms with E-state index < -0.39 is 6.10 Å². The molecule has 0 spiro atoms. The summed E-state index contributed by atoms with van der Waals surface area (Å²) in [4.78, 5) is 16.6. The Bertz CT molecular complexity index is 788. The Morgan fingerprint density at radius 3 is 2.41 bits per heavy atom. The molecule has 3 nitrogen and oxygen atoms in total. The Labute approximate surface area is 179 Å². The van der Waals surface area contributed by atoms with Gasteiger partial charge in [-0.15, -0.1) is 11.8 Å². The lowest BCUT2D eigenvalue weighted by Gasteiger charge is -2.33. The van der Waals surface area contributed by atoms with Gasteiger partial charge in [-0.05, 0) is 48.8 Å². The fourth-order valence-corrected chi connectivity index (χ4v) is 4.87. The van der Waals surface area contributed by atoms with Gasteiger partial charge in [0.2, 0.25) is 5.91 Å². The predicted octanol–water partition coefficient (Wildman–Crippen LogP) is 5.65. The zero-order valence-corrected chi connectivity index (χ0v) is 18.6. The summed E-state index contributed by atoms with van der Waals surface area (Å²) in [6.45, 7) is 1.93. The average Bonchev–Trinajstić information content (AvgIpc) is 3.29. The number of aliphatic hydroxyl groups is 1. The number of amides is 1. The monoisotopic (exact) mass is 411 g/mol. The lowest BCUT2D eigenvalue weighted by Crippen LogP contribution is -2.42. The number of hydrogen-bond acceptors (Lipinski definition) is 3. The summed E-state index contributed by atoms with van der Waals surface area (Å²) in [7, 11) is 1.83. The van der Waals surface area contributed by atoms with Gasteiger partial charge >= 0.3 is 0 Å². The van der Waals surface area contributed by atoms with Gasteiger partial charge < -0.3 is 10.0 Å². The van der Waals surface area contributed by atoms with Crippen LogP contribution in [0.2, 0.25) is 0 Å². The first kappa shape index (κ1) is 21.9. The highest BCUT2D eigenvalue weighted by Gasteiger charge is 2.32. The molecule has 1 aliphatic carbocycles. The highest BCUT2D eigenvalue weighted by Crippen LogP contribution is 2.36. The number of aliphatic hydroxyl groups excluding tert-OH is 1. The second kappa shape index (κ2) is 10.3. The van der Waals surface area contributed by atoms with Crippen LogP contribution >= 0.6 is 11.8 Å². The second-order valence-electron chi connectivity index (χ2n) is 8.26. The van der Waals surface area contributed by atoms with Gasteiger partial charge in [0.1, 0.15) is 0 Å². The van der Waals surface area contributed by atoms with E-state index in [4.69, 9.17) is 0 Å². The standard InChI is InChI=1S/C25H33NO2S/c1-18(24(27)20-12-5-4-6-13-20)26(2)25(28)23(16-19-10-7-8-11-19)21-14-9-15-22(17-21)29-3/h4-6,9,12-15,17-19,23-24,27H,7-8,10-11,16H2,1-3H3/t18-,23?,24+/m1/s1. The van der Waals surface area contributed by atoms with Gasteiger partial charge in [-0.2, -0.15) is 0 Å². The summed E-state index contributed by atoms with van der Waals surface area (Å²) in [5.41, 5.74) is 1.94. The van der Waals surface area contributed by atoms with Gasteiger partial charge in [-0.3, -0.25) is 4.79 Å². The fourth-order valence-electron chi connectivity index (χ4n) is 4.40. The summed E-state index contributed by atoms with van der Waals surface area (Å²) in [5.74, 6) is 0.572. The third-order valence-electron chi connectivity index (χ3n) is 6.39. The molecule has 1 aliphatic rings. The van der Waals surface area contributed by atoms with Crippen molar-refractivity contribution in [3.63, 3.8) is 0 Å². The highest BCUT2D eigenvalue weighted by atomic mass is 32.2. The Hall–Kier alpha value is -1.78.